The smallest absolute Gasteiger partial charge is 0.0467 e. The molecule has 0 aromatic carbocycles. The fourth-order valence-corrected chi connectivity index (χ4v) is 0.272. The van der Waals surface area contributed by atoms with Crippen molar-refractivity contribution in [2.24, 2.45) is 0 Å². The Kier molecular flexibility index (Phi) is 175. The predicted octanol–water partition coefficient (Wildman–Crippen LogP) is 6.58. The highest BCUT2D eigenvalue weighted by molar-refractivity contribution is 4.94. The molecule has 16 heavy (non-hydrogen) atoms. The molecule has 0 N–H and O–H groups in total. The molecular weight excluding hydrogens is 192 g/mol. The van der Waals surface area contributed by atoms with Gasteiger partial charge in [0.2, 0.25) is 0 Å². The molecule has 0 rings (SSSR count). The van der Waals surface area contributed by atoms with Crippen LogP contribution < -0.4 is 0 Å². The largest absolute Gasteiger partial charge is 0.0991 e. The summed E-state index contributed by atoms with van der Waals surface area (Å²) in [6.07, 6.45) is 11.2. The topological polar surface area (TPSA) is 0 Å². The first kappa shape index (κ1) is 29.4. The molecule has 0 spiro atoms. The van der Waals surface area contributed by atoms with Gasteiger partial charge in [0.25, 0.3) is 0 Å². The fraction of sp³-hybridized carbons (Fsp3) is 0.500. The maximum atomic E-state index is 3.46. The summed E-state index contributed by atoms with van der Waals surface area (Å²) in [5, 5.41) is 0. The van der Waals surface area contributed by atoms with E-state index in [9.17, 15) is 0 Å². The van der Waals surface area contributed by atoms with Gasteiger partial charge < -0.3 is 0 Å². The SMILES string of the molecule is C=C/C=C\C.C=C/C=C\C.CC.CC.CC. The van der Waals surface area contributed by atoms with E-state index in [0.29, 0.717) is 0 Å². The molecule has 0 aliphatic rings. The summed E-state index contributed by atoms with van der Waals surface area (Å²) >= 11 is 0. The van der Waals surface area contributed by atoms with Gasteiger partial charge in [-0.2, -0.15) is 0 Å². The van der Waals surface area contributed by atoms with Crippen molar-refractivity contribution in [1.82, 2.24) is 0 Å². The van der Waals surface area contributed by atoms with Gasteiger partial charge in [-0.15, -0.1) is 0 Å². The molecular formula is C16H34. The minimum absolute atomic E-state index is 1.75. The van der Waals surface area contributed by atoms with Crippen molar-refractivity contribution in [2.75, 3.05) is 0 Å². The quantitative estimate of drug-likeness (QED) is 0.467. The number of hydrogen-bond acceptors (Lipinski definition) is 0. The molecule has 0 bridgehead atoms. The van der Waals surface area contributed by atoms with Gasteiger partial charge >= 0.3 is 0 Å². The summed E-state index contributed by atoms with van der Waals surface area (Å²) in [6, 6.07) is 0. The zero-order valence-corrected chi connectivity index (χ0v) is 12.9. The van der Waals surface area contributed by atoms with E-state index >= 15 is 0 Å². The third-order valence-corrected chi connectivity index (χ3v) is 0.657. The summed E-state index contributed by atoms with van der Waals surface area (Å²) in [7, 11) is 0. The molecule has 0 unspecified atom stereocenters. The average molecular weight is 226 g/mol. The number of hydrogen-bond donors (Lipinski definition) is 0. The fourth-order valence-electron chi connectivity index (χ4n) is 0.272. The van der Waals surface area contributed by atoms with Crippen LogP contribution >= 0.6 is 0 Å². The Balaban J connectivity index is -0.0000000345. The molecule has 0 heteroatoms. The molecule has 0 heterocycles. The summed E-state index contributed by atoms with van der Waals surface area (Å²) < 4.78 is 0. The third-order valence-electron chi connectivity index (χ3n) is 0.657. The Labute approximate surface area is 105 Å². The van der Waals surface area contributed by atoms with Gasteiger partial charge in [0.05, 0.1) is 0 Å². The Morgan fingerprint density at radius 2 is 0.750 bits per heavy atom. The average Bonchev–Trinajstić information content (AvgIpc) is 2.39. The standard InChI is InChI=1S/2C5H8.3C2H6/c2*1-3-5-4-2;3*1-2/h2*3-5H,1H2,2H3;3*1-2H3/b2*5-4-;;;. The maximum Gasteiger partial charge on any atom is -0.0467 e. The van der Waals surface area contributed by atoms with Crippen molar-refractivity contribution in [2.45, 2.75) is 55.4 Å². The van der Waals surface area contributed by atoms with Gasteiger partial charge in [0.1, 0.15) is 0 Å². The zero-order valence-electron chi connectivity index (χ0n) is 12.9. The van der Waals surface area contributed by atoms with Crippen LogP contribution in [0.5, 0.6) is 0 Å². The Hall–Kier alpha value is -1.04. The van der Waals surface area contributed by atoms with E-state index in [2.05, 4.69) is 13.2 Å². The minimum Gasteiger partial charge on any atom is -0.0991 e. The molecule has 0 atom stereocenters. The molecule has 0 radical (unpaired) electrons. The van der Waals surface area contributed by atoms with E-state index in [1.165, 1.54) is 0 Å². The molecule has 0 saturated heterocycles. The molecule has 0 amide bonds. The van der Waals surface area contributed by atoms with Crippen LogP contribution in [0.2, 0.25) is 0 Å². The number of rotatable bonds is 2. The van der Waals surface area contributed by atoms with Crippen LogP contribution in [-0.4, -0.2) is 0 Å². The molecule has 0 fully saturated rings. The second kappa shape index (κ2) is 95.3. The van der Waals surface area contributed by atoms with Gasteiger partial charge in [0.15, 0.2) is 0 Å². The summed E-state index contributed by atoms with van der Waals surface area (Å²) in [4.78, 5) is 0. The van der Waals surface area contributed by atoms with E-state index in [1.54, 1.807) is 12.2 Å². The summed E-state index contributed by atoms with van der Waals surface area (Å²) in [5.74, 6) is 0. The van der Waals surface area contributed by atoms with Crippen molar-refractivity contribution in [3.8, 4) is 0 Å². The first-order valence-electron chi connectivity index (χ1n) is 6.30. The highest BCUT2D eigenvalue weighted by Crippen LogP contribution is 1.65. The van der Waals surface area contributed by atoms with Gasteiger partial charge in [0, 0.05) is 0 Å². The summed E-state index contributed by atoms with van der Waals surface area (Å²) in [6.45, 7) is 22.8. The van der Waals surface area contributed by atoms with Crippen LogP contribution in [0.3, 0.4) is 0 Å². The van der Waals surface area contributed by atoms with Crippen molar-refractivity contribution in [1.29, 1.82) is 0 Å². The van der Waals surface area contributed by atoms with Crippen LogP contribution in [0.25, 0.3) is 0 Å². The van der Waals surface area contributed by atoms with Crippen molar-refractivity contribution in [3.05, 3.63) is 49.6 Å². The number of allylic oxidation sites excluding steroid dienone is 6. The van der Waals surface area contributed by atoms with Gasteiger partial charge in [-0.25, -0.2) is 0 Å². The zero-order chi connectivity index (χ0) is 14.2. The minimum atomic E-state index is 1.75. The van der Waals surface area contributed by atoms with Crippen molar-refractivity contribution >= 4 is 0 Å². The van der Waals surface area contributed by atoms with Crippen molar-refractivity contribution in [3.63, 3.8) is 0 Å². The Morgan fingerprint density at radius 1 is 0.562 bits per heavy atom. The van der Waals surface area contributed by atoms with Gasteiger partial charge in [-0.3, -0.25) is 0 Å². The van der Waals surface area contributed by atoms with Crippen LogP contribution in [-0.2, 0) is 0 Å². The molecule has 0 aromatic rings. The van der Waals surface area contributed by atoms with Crippen molar-refractivity contribution < 1.29 is 0 Å². The third kappa shape index (κ3) is 212. The maximum absolute atomic E-state index is 3.46. The van der Waals surface area contributed by atoms with Crippen LogP contribution in [0.1, 0.15) is 55.4 Å². The van der Waals surface area contributed by atoms with E-state index in [4.69, 9.17) is 0 Å². The van der Waals surface area contributed by atoms with Gasteiger partial charge in [-0.1, -0.05) is 91.2 Å². The molecule has 0 saturated carbocycles. The van der Waals surface area contributed by atoms with Crippen LogP contribution in [0.4, 0.5) is 0 Å². The molecule has 0 aliphatic heterocycles. The highest BCUT2D eigenvalue weighted by atomic mass is 13.5. The first-order chi connectivity index (χ1) is 7.83. The lowest BCUT2D eigenvalue weighted by molar-refractivity contribution is 1.50. The normalized spacial score (nSPS) is 6.75. The van der Waals surface area contributed by atoms with Crippen LogP contribution in [0, 0.1) is 0 Å². The molecule has 0 nitrogen and oxygen atoms in total. The Morgan fingerprint density at radius 3 is 0.750 bits per heavy atom. The lowest BCUT2D eigenvalue weighted by Gasteiger charge is -1.56. The second-order valence-electron chi connectivity index (χ2n) is 1.52. The monoisotopic (exact) mass is 226 g/mol. The first-order valence-corrected chi connectivity index (χ1v) is 6.30. The molecule has 98 valence electrons. The lowest BCUT2D eigenvalue weighted by Crippen LogP contribution is -1.33. The Bertz CT molecular complexity index is 100. The van der Waals surface area contributed by atoms with E-state index in [1.807, 2.05) is 79.7 Å². The second-order valence-corrected chi connectivity index (χ2v) is 1.52. The molecule has 0 aliphatic carbocycles. The molecule has 0 aromatic heterocycles. The van der Waals surface area contributed by atoms with E-state index in [0.717, 1.165) is 0 Å². The highest BCUT2D eigenvalue weighted by Gasteiger charge is 1.42. The predicted molar refractivity (Wildman–Crippen MR) is 84.1 cm³/mol. The van der Waals surface area contributed by atoms with E-state index < -0.39 is 0 Å². The summed E-state index contributed by atoms with van der Waals surface area (Å²) in [5.41, 5.74) is 0. The van der Waals surface area contributed by atoms with Crippen LogP contribution in [0.15, 0.2) is 49.6 Å². The lowest BCUT2D eigenvalue weighted by atomic mass is 10.5. The van der Waals surface area contributed by atoms with E-state index in [-0.39, 0.29) is 0 Å². The van der Waals surface area contributed by atoms with Gasteiger partial charge in [-0.05, 0) is 13.8 Å².